The van der Waals surface area contributed by atoms with Crippen LogP contribution in [0.3, 0.4) is 0 Å². The van der Waals surface area contributed by atoms with Crippen LogP contribution in [-0.4, -0.2) is 36.1 Å². The number of quaternary nitrogens is 1. The van der Waals surface area contributed by atoms with Crippen molar-refractivity contribution in [2.24, 2.45) is 0 Å². The first-order chi connectivity index (χ1) is 10.9. The topological polar surface area (TPSA) is 29.1 Å². The minimum atomic E-state index is -0.254. The Labute approximate surface area is 139 Å². The van der Waals surface area contributed by atoms with Crippen molar-refractivity contribution in [3.05, 3.63) is 29.1 Å². The largest absolute Gasteiger partial charge is 0.320 e. The molecule has 1 saturated heterocycles. The van der Waals surface area contributed by atoms with Gasteiger partial charge in [-0.05, 0) is 76.6 Å². The Hall–Kier alpha value is -1.42. The van der Waals surface area contributed by atoms with E-state index in [2.05, 4.69) is 12.2 Å². The highest BCUT2D eigenvalue weighted by Gasteiger charge is 2.37. The summed E-state index contributed by atoms with van der Waals surface area (Å²) >= 11 is 0. The van der Waals surface area contributed by atoms with Crippen LogP contribution in [0.15, 0.2) is 12.1 Å². The van der Waals surface area contributed by atoms with Gasteiger partial charge in [0.1, 0.15) is 5.82 Å². The van der Waals surface area contributed by atoms with E-state index in [1.54, 1.807) is 0 Å². The van der Waals surface area contributed by atoms with Crippen LogP contribution < -0.4 is 5.32 Å². The van der Waals surface area contributed by atoms with Gasteiger partial charge >= 0.3 is 0 Å². The highest BCUT2D eigenvalue weighted by Crippen LogP contribution is 2.25. The predicted molar refractivity (Wildman–Crippen MR) is 93.0 cm³/mol. The molecule has 1 aliphatic rings. The summed E-state index contributed by atoms with van der Waals surface area (Å²) in [7, 11) is 0. The van der Waals surface area contributed by atoms with Gasteiger partial charge in [0.2, 0.25) is 0 Å². The quantitative estimate of drug-likeness (QED) is 0.828. The molecule has 0 bridgehead atoms. The molecule has 4 heteroatoms. The van der Waals surface area contributed by atoms with Gasteiger partial charge in [-0.15, -0.1) is 0 Å². The molecule has 1 heterocycles. The van der Waals surface area contributed by atoms with Crippen LogP contribution in [0.25, 0.3) is 0 Å². The van der Waals surface area contributed by atoms with Crippen LogP contribution in [0.1, 0.15) is 50.7 Å². The molecule has 0 aliphatic carbocycles. The molecule has 3 nitrogen and oxygen atoms in total. The Bertz CT molecular complexity index is 539. The number of nitrogens with one attached hydrogen (secondary N) is 1. The van der Waals surface area contributed by atoms with Crippen LogP contribution in [0.4, 0.5) is 10.1 Å². The lowest BCUT2D eigenvalue weighted by molar-refractivity contribution is -0.938. The van der Waals surface area contributed by atoms with Crippen molar-refractivity contribution in [2.45, 2.75) is 59.4 Å². The van der Waals surface area contributed by atoms with Gasteiger partial charge in [-0.1, -0.05) is 0 Å². The van der Waals surface area contributed by atoms with E-state index in [0.29, 0.717) is 0 Å². The lowest BCUT2D eigenvalue weighted by atomic mass is 10.1. The Morgan fingerprint density at radius 1 is 1.17 bits per heavy atom. The monoisotopic (exact) mass is 321 g/mol. The molecule has 2 rings (SSSR count). The predicted octanol–water partition coefficient (Wildman–Crippen LogP) is 4.18. The first kappa shape index (κ1) is 17.9. The van der Waals surface area contributed by atoms with Crippen molar-refractivity contribution < 1.29 is 13.7 Å². The van der Waals surface area contributed by atoms with Gasteiger partial charge in [0, 0.05) is 5.69 Å². The SMILES string of the molecule is CC[N+]1(C(C)C(=O)Nc2c(C)cc(F)cc2C)CCCCCC1. The number of anilines is 1. The maximum Gasteiger partial charge on any atom is 0.282 e. The highest BCUT2D eigenvalue weighted by atomic mass is 19.1. The van der Waals surface area contributed by atoms with E-state index in [9.17, 15) is 9.18 Å². The van der Waals surface area contributed by atoms with E-state index in [1.165, 1.54) is 37.8 Å². The molecule has 0 radical (unpaired) electrons. The van der Waals surface area contributed by atoms with Crippen LogP contribution in [-0.2, 0) is 4.79 Å². The summed E-state index contributed by atoms with van der Waals surface area (Å²) in [5.41, 5.74) is 2.32. The van der Waals surface area contributed by atoms with Crippen LogP contribution in [0.5, 0.6) is 0 Å². The summed E-state index contributed by atoms with van der Waals surface area (Å²) in [6.07, 6.45) is 4.93. The summed E-state index contributed by atoms with van der Waals surface area (Å²) < 4.78 is 14.3. The summed E-state index contributed by atoms with van der Waals surface area (Å²) in [4.78, 5) is 12.9. The average molecular weight is 321 g/mol. The van der Waals surface area contributed by atoms with Gasteiger partial charge < -0.3 is 9.80 Å². The standard InChI is InChI=1S/C19H29FN2O/c1-5-22(10-8-6-7-9-11-22)16(4)19(23)21-18-14(2)12-17(20)13-15(18)3/h12-13,16H,5-11H2,1-4H3/p+1. The van der Waals surface area contributed by atoms with Crippen LogP contribution in [0.2, 0.25) is 0 Å². The number of likely N-dealkylation sites (tertiary alicyclic amines) is 1. The number of carbonyl (C=O) groups is 1. The summed E-state index contributed by atoms with van der Waals surface area (Å²) in [5, 5.41) is 3.06. The smallest absolute Gasteiger partial charge is 0.282 e. The van der Waals surface area contributed by atoms with Gasteiger partial charge in [0.25, 0.3) is 5.91 Å². The second-order valence-electron chi connectivity index (χ2n) is 6.98. The number of likely N-dealkylation sites (N-methyl/N-ethyl adjacent to an activating group) is 1. The average Bonchev–Trinajstić information content (AvgIpc) is 2.76. The molecule has 0 spiro atoms. The maximum absolute atomic E-state index is 13.4. The van der Waals surface area contributed by atoms with Crippen molar-refractivity contribution in [3.8, 4) is 0 Å². The number of rotatable bonds is 4. The molecule has 23 heavy (non-hydrogen) atoms. The Kier molecular flexibility index (Phi) is 5.79. The van der Waals surface area contributed by atoms with Crippen molar-refractivity contribution in [2.75, 3.05) is 25.0 Å². The minimum Gasteiger partial charge on any atom is -0.320 e. The number of benzene rings is 1. The fraction of sp³-hybridized carbons (Fsp3) is 0.632. The third kappa shape index (κ3) is 3.92. The van der Waals surface area contributed by atoms with Gasteiger partial charge in [-0.2, -0.15) is 0 Å². The fourth-order valence-corrected chi connectivity index (χ4v) is 3.88. The molecule has 1 aromatic carbocycles. The zero-order valence-corrected chi connectivity index (χ0v) is 14.9. The molecule has 0 aromatic heterocycles. The molecule has 1 atom stereocenters. The minimum absolute atomic E-state index is 0.0477. The van der Waals surface area contributed by atoms with E-state index < -0.39 is 0 Å². The lowest BCUT2D eigenvalue weighted by Crippen LogP contribution is -2.59. The molecule has 1 unspecified atom stereocenters. The molecule has 1 N–H and O–H groups in total. The van der Waals surface area contributed by atoms with E-state index in [-0.39, 0.29) is 17.8 Å². The number of aryl methyl sites for hydroxylation is 2. The molecule has 1 fully saturated rings. The molecular weight excluding hydrogens is 291 g/mol. The zero-order valence-electron chi connectivity index (χ0n) is 14.9. The second-order valence-corrected chi connectivity index (χ2v) is 6.98. The molecule has 128 valence electrons. The second kappa shape index (κ2) is 7.43. The molecule has 0 saturated carbocycles. The molecule has 1 amide bonds. The van der Waals surface area contributed by atoms with Gasteiger partial charge in [0.15, 0.2) is 6.04 Å². The van der Waals surface area contributed by atoms with Gasteiger partial charge in [0.05, 0.1) is 19.6 Å². The van der Waals surface area contributed by atoms with E-state index >= 15 is 0 Å². The van der Waals surface area contributed by atoms with Crippen molar-refractivity contribution in [1.82, 2.24) is 0 Å². The number of halogens is 1. The van der Waals surface area contributed by atoms with Crippen molar-refractivity contribution in [1.29, 1.82) is 0 Å². The van der Waals surface area contributed by atoms with Crippen molar-refractivity contribution in [3.63, 3.8) is 0 Å². The zero-order chi connectivity index (χ0) is 17.0. The first-order valence-corrected chi connectivity index (χ1v) is 8.83. The fourth-order valence-electron chi connectivity index (χ4n) is 3.88. The van der Waals surface area contributed by atoms with E-state index in [4.69, 9.17) is 0 Å². The third-order valence-electron chi connectivity index (χ3n) is 5.53. The van der Waals surface area contributed by atoms with Gasteiger partial charge in [-0.3, -0.25) is 4.79 Å². The number of hydrogen-bond donors (Lipinski definition) is 1. The maximum atomic E-state index is 13.4. The Balaban J connectivity index is 2.19. The lowest BCUT2D eigenvalue weighted by Gasteiger charge is -2.41. The first-order valence-electron chi connectivity index (χ1n) is 8.83. The normalized spacial score (nSPS) is 19.0. The Morgan fingerprint density at radius 2 is 1.70 bits per heavy atom. The summed E-state index contributed by atoms with van der Waals surface area (Å²) in [5.74, 6) is -0.206. The van der Waals surface area contributed by atoms with E-state index in [1.807, 2.05) is 20.8 Å². The summed E-state index contributed by atoms with van der Waals surface area (Å²) in [6.45, 7) is 11.0. The van der Waals surface area contributed by atoms with Gasteiger partial charge in [-0.25, -0.2) is 4.39 Å². The molecule has 1 aliphatic heterocycles. The summed E-state index contributed by atoms with van der Waals surface area (Å²) in [6, 6.07) is 2.87. The number of carbonyl (C=O) groups excluding carboxylic acids is 1. The number of nitrogens with zero attached hydrogens (tertiary/aromatic N) is 1. The van der Waals surface area contributed by atoms with Crippen molar-refractivity contribution >= 4 is 11.6 Å². The third-order valence-corrected chi connectivity index (χ3v) is 5.53. The molecule has 1 aromatic rings. The number of amides is 1. The Morgan fingerprint density at radius 3 is 2.17 bits per heavy atom. The van der Waals surface area contributed by atoms with E-state index in [0.717, 1.165) is 40.9 Å². The van der Waals surface area contributed by atoms with Crippen LogP contribution >= 0.6 is 0 Å². The highest BCUT2D eigenvalue weighted by molar-refractivity contribution is 5.95. The van der Waals surface area contributed by atoms with Crippen LogP contribution in [0, 0.1) is 19.7 Å². The number of hydrogen-bond acceptors (Lipinski definition) is 1. The molecular formula is C19H30FN2O+.